The molecule has 1 unspecified atom stereocenters. The Labute approximate surface area is 166 Å². The van der Waals surface area contributed by atoms with Crippen molar-refractivity contribution in [1.82, 2.24) is 9.88 Å². The van der Waals surface area contributed by atoms with Crippen molar-refractivity contribution in [2.24, 2.45) is 0 Å². The molecule has 0 fully saturated rings. The number of amides is 1. The number of hydrogen-bond acceptors (Lipinski definition) is 4. The first kappa shape index (κ1) is 18.2. The number of rotatable bonds is 4. The van der Waals surface area contributed by atoms with Crippen molar-refractivity contribution in [3.63, 3.8) is 0 Å². The quantitative estimate of drug-likeness (QED) is 0.579. The van der Waals surface area contributed by atoms with E-state index in [9.17, 15) is 9.18 Å². The van der Waals surface area contributed by atoms with Gasteiger partial charge in [-0.15, -0.1) is 11.3 Å². The predicted octanol–water partition coefficient (Wildman–Crippen LogP) is 5.01. The van der Waals surface area contributed by atoms with Crippen molar-refractivity contribution in [3.05, 3.63) is 70.9 Å². The second kappa shape index (κ2) is 7.82. The summed E-state index contributed by atoms with van der Waals surface area (Å²) < 4.78 is 13.9. The molecular formula is C21H19FN2OS2. The summed E-state index contributed by atoms with van der Waals surface area (Å²) in [5.74, 6) is -0.112. The molecule has 1 aliphatic heterocycles. The molecule has 3 nitrogen and oxygen atoms in total. The Morgan fingerprint density at radius 1 is 1.19 bits per heavy atom. The maximum atomic E-state index is 13.1. The predicted molar refractivity (Wildman–Crippen MR) is 108 cm³/mol. The van der Waals surface area contributed by atoms with Gasteiger partial charge in [0.1, 0.15) is 5.82 Å². The standard InChI is InChI=1S/C21H19FN2OS2/c1-14(20(25)24-11-10-15-4-2-3-5-17(15)12-24)27-21-23-19(13-26-21)16-6-8-18(22)9-7-16/h2-9,13-14H,10-12H2,1H3. The van der Waals surface area contributed by atoms with Crippen LogP contribution in [0, 0.1) is 5.82 Å². The summed E-state index contributed by atoms with van der Waals surface area (Å²) in [6.07, 6.45) is 0.908. The zero-order chi connectivity index (χ0) is 18.8. The lowest BCUT2D eigenvalue weighted by atomic mass is 10.00. The van der Waals surface area contributed by atoms with E-state index in [2.05, 4.69) is 23.2 Å². The molecule has 1 aliphatic rings. The first-order valence-electron chi connectivity index (χ1n) is 8.84. The normalized spacial score (nSPS) is 14.7. The average molecular weight is 399 g/mol. The van der Waals surface area contributed by atoms with E-state index in [-0.39, 0.29) is 17.0 Å². The Bertz CT molecular complexity index is 955. The van der Waals surface area contributed by atoms with Crippen molar-refractivity contribution in [2.45, 2.75) is 29.5 Å². The molecule has 0 spiro atoms. The third kappa shape index (κ3) is 4.06. The minimum atomic E-state index is -0.258. The van der Waals surface area contributed by atoms with Crippen molar-refractivity contribution in [3.8, 4) is 11.3 Å². The zero-order valence-electron chi connectivity index (χ0n) is 14.9. The van der Waals surface area contributed by atoms with Gasteiger partial charge >= 0.3 is 0 Å². The van der Waals surface area contributed by atoms with E-state index in [0.717, 1.165) is 28.6 Å². The van der Waals surface area contributed by atoms with Crippen LogP contribution < -0.4 is 0 Å². The Hall–Kier alpha value is -2.18. The van der Waals surface area contributed by atoms with E-state index in [0.29, 0.717) is 6.54 Å². The molecule has 2 heterocycles. The van der Waals surface area contributed by atoms with Crippen molar-refractivity contribution >= 4 is 29.0 Å². The monoisotopic (exact) mass is 398 g/mol. The summed E-state index contributed by atoms with van der Waals surface area (Å²) in [6, 6.07) is 14.6. The number of aromatic nitrogens is 1. The summed E-state index contributed by atoms with van der Waals surface area (Å²) in [7, 11) is 0. The molecule has 0 aliphatic carbocycles. The second-order valence-electron chi connectivity index (χ2n) is 6.54. The molecule has 3 aromatic rings. The van der Waals surface area contributed by atoms with Crippen LogP contribution in [-0.4, -0.2) is 27.6 Å². The Morgan fingerprint density at radius 2 is 1.93 bits per heavy atom. The molecule has 27 heavy (non-hydrogen) atoms. The highest BCUT2D eigenvalue weighted by Crippen LogP contribution is 2.32. The van der Waals surface area contributed by atoms with Gasteiger partial charge in [-0.05, 0) is 48.7 Å². The summed E-state index contributed by atoms with van der Waals surface area (Å²) in [4.78, 5) is 19.4. The SMILES string of the molecule is CC(Sc1nc(-c2ccc(F)cc2)cs1)C(=O)N1CCc2ccccc2C1. The number of fused-ring (bicyclic) bond motifs is 1. The fourth-order valence-corrected chi connectivity index (χ4v) is 5.26. The fourth-order valence-electron chi connectivity index (χ4n) is 3.21. The molecule has 1 atom stereocenters. The van der Waals surface area contributed by atoms with Gasteiger partial charge in [0.25, 0.3) is 0 Å². The average Bonchev–Trinajstić information content (AvgIpc) is 3.16. The zero-order valence-corrected chi connectivity index (χ0v) is 16.5. The van der Waals surface area contributed by atoms with E-state index in [1.807, 2.05) is 23.3 Å². The minimum absolute atomic E-state index is 0.146. The Morgan fingerprint density at radius 3 is 2.70 bits per heavy atom. The topological polar surface area (TPSA) is 33.2 Å². The highest BCUT2D eigenvalue weighted by molar-refractivity contribution is 8.02. The third-order valence-electron chi connectivity index (χ3n) is 4.69. The lowest BCUT2D eigenvalue weighted by Gasteiger charge is -2.30. The molecule has 0 saturated heterocycles. The molecule has 2 aromatic carbocycles. The number of benzene rings is 2. The maximum Gasteiger partial charge on any atom is 0.236 e. The van der Waals surface area contributed by atoms with E-state index >= 15 is 0 Å². The maximum absolute atomic E-state index is 13.1. The summed E-state index contributed by atoms with van der Waals surface area (Å²) >= 11 is 3.00. The van der Waals surface area contributed by atoms with Gasteiger partial charge in [-0.2, -0.15) is 0 Å². The molecule has 0 bridgehead atoms. The minimum Gasteiger partial charge on any atom is -0.337 e. The van der Waals surface area contributed by atoms with Gasteiger partial charge in [0.05, 0.1) is 10.9 Å². The highest BCUT2D eigenvalue weighted by Gasteiger charge is 2.25. The van der Waals surface area contributed by atoms with Crippen LogP contribution in [0.1, 0.15) is 18.1 Å². The molecule has 138 valence electrons. The van der Waals surface area contributed by atoms with Crippen LogP contribution in [0.25, 0.3) is 11.3 Å². The van der Waals surface area contributed by atoms with Crippen LogP contribution in [0.4, 0.5) is 4.39 Å². The number of nitrogens with zero attached hydrogens (tertiary/aromatic N) is 2. The molecule has 0 N–H and O–H groups in total. The number of halogens is 1. The molecule has 1 amide bonds. The smallest absolute Gasteiger partial charge is 0.236 e. The fraction of sp³-hybridized carbons (Fsp3) is 0.238. The Balaban J connectivity index is 1.41. The second-order valence-corrected chi connectivity index (χ2v) is 8.99. The lowest BCUT2D eigenvalue weighted by Crippen LogP contribution is -2.40. The van der Waals surface area contributed by atoms with Gasteiger partial charge in [0.15, 0.2) is 4.34 Å². The van der Waals surface area contributed by atoms with Crippen LogP contribution in [0.2, 0.25) is 0 Å². The van der Waals surface area contributed by atoms with Gasteiger partial charge in [-0.25, -0.2) is 9.37 Å². The van der Waals surface area contributed by atoms with E-state index < -0.39 is 0 Å². The van der Waals surface area contributed by atoms with Crippen LogP contribution >= 0.6 is 23.1 Å². The van der Waals surface area contributed by atoms with Crippen molar-refractivity contribution in [2.75, 3.05) is 6.54 Å². The van der Waals surface area contributed by atoms with E-state index in [4.69, 9.17) is 0 Å². The number of thioether (sulfide) groups is 1. The summed E-state index contributed by atoms with van der Waals surface area (Å²) in [5, 5.41) is 1.76. The van der Waals surface area contributed by atoms with Gasteiger partial charge in [-0.3, -0.25) is 4.79 Å². The molecule has 4 rings (SSSR count). The van der Waals surface area contributed by atoms with Crippen LogP contribution in [0.3, 0.4) is 0 Å². The van der Waals surface area contributed by atoms with E-state index in [1.54, 1.807) is 12.1 Å². The van der Waals surface area contributed by atoms with Gasteiger partial charge in [0, 0.05) is 24.0 Å². The lowest BCUT2D eigenvalue weighted by molar-refractivity contribution is -0.131. The van der Waals surface area contributed by atoms with Crippen molar-refractivity contribution in [1.29, 1.82) is 0 Å². The molecule has 6 heteroatoms. The van der Waals surface area contributed by atoms with Crippen LogP contribution in [0.15, 0.2) is 58.3 Å². The Kier molecular flexibility index (Phi) is 5.27. The number of carbonyl (C=O) groups excluding carboxylic acids is 1. The molecule has 0 saturated carbocycles. The number of thiazole rings is 1. The number of carbonyl (C=O) groups is 1. The van der Waals surface area contributed by atoms with E-state index in [1.165, 1.54) is 46.4 Å². The third-order valence-corrected chi connectivity index (χ3v) is 6.75. The highest BCUT2D eigenvalue weighted by atomic mass is 32.2. The molecule has 0 radical (unpaired) electrons. The first-order chi connectivity index (χ1) is 13.1. The molecular weight excluding hydrogens is 379 g/mol. The van der Waals surface area contributed by atoms with Crippen LogP contribution in [-0.2, 0) is 17.8 Å². The van der Waals surface area contributed by atoms with Crippen LogP contribution in [0.5, 0.6) is 0 Å². The summed E-state index contributed by atoms with van der Waals surface area (Å²) in [6.45, 7) is 3.38. The number of hydrogen-bond donors (Lipinski definition) is 0. The van der Waals surface area contributed by atoms with Crippen molar-refractivity contribution < 1.29 is 9.18 Å². The largest absolute Gasteiger partial charge is 0.337 e. The molecule has 1 aromatic heterocycles. The van der Waals surface area contributed by atoms with Gasteiger partial charge in [-0.1, -0.05) is 36.0 Å². The van der Waals surface area contributed by atoms with Gasteiger partial charge in [0.2, 0.25) is 5.91 Å². The van der Waals surface area contributed by atoms with Gasteiger partial charge < -0.3 is 4.90 Å². The summed E-state index contributed by atoms with van der Waals surface area (Å²) in [5.41, 5.74) is 4.27. The first-order valence-corrected chi connectivity index (χ1v) is 10.6.